The van der Waals surface area contributed by atoms with E-state index in [0.29, 0.717) is 11.8 Å². The molecule has 0 aliphatic rings. The first kappa shape index (κ1) is 23.8. The molecule has 2 aromatic carbocycles. The molecule has 182 valence electrons. The van der Waals surface area contributed by atoms with Crippen LogP contribution >= 0.6 is 11.6 Å². The monoisotopic (exact) mass is 499 g/mol. The summed E-state index contributed by atoms with van der Waals surface area (Å²) in [5.41, 5.74) is 10.6. The second-order valence-electron chi connectivity index (χ2n) is 8.69. The van der Waals surface area contributed by atoms with E-state index in [9.17, 15) is 4.79 Å². The quantitative estimate of drug-likeness (QED) is 0.344. The molecule has 36 heavy (non-hydrogen) atoms. The van der Waals surface area contributed by atoms with E-state index in [1.54, 1.807) is 42.5 Å². The van der Waals surface area contributed by atoms with Crippen LogP contribution in [0, 0.1) is 0 Å². The number of fused-ring (bicyclic) bond motifs is 1. The lowest BCUT2D eigenvalue weighted by molar-refractivity contribution is 0.340. The lowest BCUT2D eigenvalue weighted by atomic mass is 9.80. The van der Waals surface area contributed by atoms with Gasteiger partial charge in [0, 0.05) is 42.9 Å². The lowest BCUT2D eigenvalue weighted by Crippen LogP contribution is -2.42. The van der Waals surface area contributed by atoms with Crippen LogP contribution in [0.15, 0.2) is 84.2 Å². The zero-order valence-electron chi connectivity index (χ0n) is 20.3. The number of ether oxygens (including phenoxy) is 1. The Morgan fingerprint density at radius 1 is 1.06 bits per heavy atom. The molecule has 0 fully saturated rings. The van der Waals surface area contributed by atoms with Gasteiger partial charge in [-0.25, -0.2) is 9.97 Å². The van der Waals surface area contributed by atoms with Crippen molar-refractivity contribution < 1.29 is 4.74 Å². The van der Waals surface area contributed by atoms with E-state index >= 15 is 0 Å². The fourth-order valence-electron chi connectivity index (χ4n) is 4.80. The van der Waals surface area contributed by atoms with Crippen LogP contribution in [-0.4, -0.2) is 25.7 Å². The van der Waals surface area contributed by atoms with Gasteiger partial charge in [-0.05, 0) is 36.2 Å². The van der Waals surface area contributed by atoms with Crippen LogP contribution in [0.25, 0.3) is 22.0 Å². The predicted octanol–water partition coefficient (Wildman–Crippen LogP) is 4.64. The smallest absolute Gasteiger partial charge is 0.251 e. The zero-order chi connectivity index (χ0) is 25.4. The molecule has 2 N–H and O–H groups in total. The highest BCUT2D eigenvalue weighted by molar-refractivity contribution is 6.29. The summed E-state index contributed by atoms with van der Waals surface area (Å²) in [6.45, 7) is 2.50. The van der Waals surface area contributed by atoms with Crippen molar-refractivity contribution in [3.63, 3.8) is 0 Å². The maximum absolute atomic E-state index is 13.3. The molecule has 1 atom stereocenters. The molecule has 3 aromatic heterocycles. The summed E-state index contributed by atoms with van der Waals surface area (Å²) < 4.78 is 9.23. The standard InChI is InChI=1S/C28H26ClN5O2/c1-4-36-20-8-5-7-18(13-20)22-14-26(35)34(3)27-21(22)9-6-10-23(27)28(30,24-16-31-17-33(24)2)19-11-12-25(29)32-15-19/h5-17H,4,30H2,1-3H3. The number of pyridine rings is 2. The van der Waals surface area contributed by atoms with E-state index in [2.05, 4.69) is 9.97 Å². The molecular weight excluding hydrogens is 474 g/mol. The third-order valence-electron chi connectivity index (χ3n) is 6.54. The molecule has 7 nitrogen and oxygen atoms in total. The van der Waals surface area contributed by atoms with Gasteiger partial charge in [-0.15, -0.1) is 0 Å². The molecule has 8 heteroatoms. The minimum Gasteiger partial charge on any atom is -0.494 e. The van der Waals surface area contributed by atoms with Gasteiger partial charge < -0.3 is 19.6 Å². The van der Waals surface area contributed by atoms with Crippen molar-refractivity contribution in [2.24, 2.45) is 19.8 Å². The van der Waals surface area contributed by atoms with Gasteiger partial charge in [-0.1, -0.05) is 48.0 Å². The Hall–Kier alpha value is -3.94. The lowest BCUT2D eigenvalue weighted by Gasteiger charge is -2.32. The third kappa shape index (κ3) is 3.86. The van der Waals surface area contributed by atoms with Gasteiger partial charge in [-0.3, -0.25) is 4.79 Å². The number of hydrogen-bond donors (Lipinski definition) is 1. The topological polar surface area (TPSA) is 88.0 Å². The van der Waals surface area contributed by atoms with E-state index in [1.165, 1.54) is 0 Å². The first-order valence-corrected chi connectivity index (χ1v) is 12.0. The molecule has 5 aromatic rings. The second kappa shape index (κ2) is 9.26. The van der Waals surface area contributed by atoms with Crippen LogP contribution in [0.5, 0.6) is 5.75 Å². The minimum absolute atomic E-state index is 0.145. The summed E-state index contributed by atoms with van der Waals surface area (Å²) >= 11 is 6.10. The molecule has 0 bridgehead atoms. The van der Waals surface area contributed by atoms with Crippen LogP contribution in [-0.2, 0) is 19.6 Å². The first-order valence-electron chi connectivity index (χ1n) is 11.6. The summed E-state index contributed by atoms with van der Waals surface area (Å²) in [5, 5.41) is 1.26. The maximum atomic E-state index is 13.3. The van der Waals surface area contributed by atoms with Crippen LogP contribution < -0.4 is 16.0 Å². The number of rotatable bonds is 6. The number of nitrogens with two attached hydrogens (primary N) is 1. The van der Waals surface area contributed by atoms with Crippen LogP contribution in [0.3, 0.4) is 0 Å². The van der Waals surface area contributed by atoms with Crippen molar-refractivity contribution >= 4 is 22.5 Å². The normalized spacial score (nSPS) is 13.0. The number of hydrogen-bond acceptors (Lipinski definition) is 5. The second-order valence-corrected chi connectivity index (χ2v) is 9.07. The Labute approximate surface area is 213 Å². The SMILES string of the molecule is CCOc1cccc(-c2cc(=O)n(C)c3c(C(N)(c4ccc(Cl)nc4)c4cncn4C)cccc23)c1. The average molecular weight is 500 g/mol. The summed E-state index contributed by atoms with van der Waals surface area (Å²) in [7, 11) is 3.65. The molecule has 0 radical (unpaired) electrons. The van der Waals surface area contributed by atoms with Crippen LogP contribution in [0.4, 0.5) is 0 Å². The number of para-hydroxylation sites is 1. The summed E-state index contributed by atoms with van der Waals surface area (Å²) in [6, 6.07) is 18.9. The summed E-state index contributed by atoms with van der Waals surface area (Å²) in [5.74, 6) is 0.746. The van der Waals surface area contributed by atoms with Gasteiger partial charge in [0.1, 0.15) is 16.4 Å². The average Bonchev–Trinajstić information content (AvgIpc) is 3.32. The Bertz CT molecular complexity index is 1620. The fourth-order valence-corrected chi connectivity index (χ4v) is 4.91. The molecule has 0 aliphatic carbocycles. The van der Waals surface area contributed by atoms with Gasteiger partial charge in [0.25, 0.3) is 5.56 Å². The van der Waals surface area contributed by atoms with Crippen molar-refractivity contribution in [2.45, 2.75) is 12.5 Å². The van der Waals surface area contributed by atoms with E-state index in [1.807, 2.05) is 67.1 Å². The van der Waals surface area contributed by atoms with E-state index in [0.717, 1.165) is 44.6 Å². The molecule has 0 saturated heterocycles. The molecule has 0 amide bonds. The van der Waals surface area contributed by atoms with Crippen molar-refractivity contribution in [1.29, 1.82) is 0 Å². The molecule has 3 heterocycles. The number of aromatic nitrogens is 4. The van der Waals surface area contributed by atoms with Crippen molar-refractivity contribution in [3.8, 4) is 16.9 Å². The number of imidazole rings is 1. The van der Waals surface area contributed by atoms with Crippen molar-refractivity contribution in [1.82, 2.24) is 19.1 Å². The fraction of sp³-hybridized carbons (Fsp3) is 0.179. The van der Waals surface area contributed by atoms with E-state index in [4.69, 9.17) is 22.1 Å². The highest BCUT2D eigenvalue weighted by Crippen LogP contribution is 2.39. The number of aryl methyl sites for hydroxylation is 2. The van der Waals surface area contributed by atoms with Gasteiger partial charge in [-0.2, -0.15) is 0 Å². The van der Waals surface area contributed by atoms with E-state index < -0.39 is 5.54 Å². The van der Waals surface area contributed by atoms with Crippen molar-refractivity contribution in [3.05, 3.63) is 112 Å². The molecule has 0 spiro atoms. The Morgan fingerprint density at radius 2 is 1.86 bits per heavy atom. The summed E-state index contributed by atoms with van der Waals surface area (Å²) in [4.78, 5) is 21.9. The van der Waals surface area contributed by atoms with Crippen LogP contribution in [0.1, 0.15) is 23.7 Å². The third-order valence-corrected chi connectivity index (χ3v) is 6.77. The minimum atomic E-state index is -1.17. The first-order chi connectivity index (χ1) is 17.3. The van der Waals surface area contributed by atoms with Gasteiger partial charge in [0.05, 0.1) is 30.3 Å². The molecular formula is C28H26ClN5O2. The van der Waals surface area contributed by atoms with Crippen LogP contribution in [0.2, 0.25) is 5.15 Å². The Morgan fingerprint density at radius 3 is 2.56 bits per heavy atom. The molecule has 0 aliphatic heterocycles. The number of nitrogens with zero attached hydrogens (tertiary/aromatic N) is 4. The molecule has 1 unspecified atom stereocenters. The van der Waals surface area contributed by atoms with Gasteiger partial charge in [0.2, 0.25) is 0 Å². The zero-order valence-corrected chi connectivity index (χ0v) is 21.0. The molecule has 5 rings (SSSR count). The largest absolute Gasteiger partial charge is 0.494 e. The number of benzene rings is 2. The highest BCUT2D eigenvalue weighted by Gasteiger charge is 2.37. The van der Waals surface area contributed by atoms with Crippen molar-refractivity contribution in [2.75, 3.05) is 6.61 Å². The number of halogens is 1. The van der Waals surface area contributed by atoms with Gasteiger partial charge >= 0.3 is 0 Å². The highest BCUT2D eigenvalue weighted by atomic mass is 35.5. The Balaban J connectivity index is 1.86. The van der Waals surface area contributed by atoms with Gasteiger partial charge in [0.15, 0.2) is 0 Å². The maximum Gasteiger partial charge on any atom is 0.251 e. The summed E-state index contributed by atoms with van der Waals surface area (Å²) in [6.07, 6.45) is 5.11. The Kier molecular flexibility index (Phi) is 6.12. The molecule has 0 saturated carbocycles. The predicted molar refractivity (Wildman–Crippen MR) is 142 cm³/mol. The van der Waals surface area contributed by atoms with E-state index in [-0.39, 0.29) is 5.56 Å².